The van der Waals surface area contributed by atoms with Crippen molar-refractivity contribution in [2.45, 2.75) is 25.4 Å². The van der Waals surface area contributed by atoms with E-state index in [0.717, 1.165) is 22.9 Å². The second-order valence-corrected chi connectivity index (χ2v) is 6.41. The van der Waals surface area contributed by atoms with E-state index in [4.69, 9.17) is 11.6 Å². The minimum Gasteiger partial charge on any atom is -0.331 e. The number of halogens is 2. The first-order valence-electron chi connectivity index (χ1n) is 6.80. The second-order valence-electron chi connectivity index (χ2n) is 5.15. The third kappa shape index (κ3) is 3.44. The number of aromatic nitrogens is 1. The summed E-state index contributed by atoms with van der Waals surface area (Å²) in [5, 5.41) is 0.556. The Morgan fingerprint density at radius 1 is 1.29 bits per heavy atom. The van der Waals surface area contributed by atoms with E-state index in [1.807, 2.05) is 23.1 Å². The lowest BCUT2D eigenvalue weighted by Crippen LogP contribution is -2.32. The molecule has 0 bridgehead atoms. The Morgan fingerprint density at radius 2 is 2.00 bits per heavy atom. The van der Waals surface area contributed by atoms with Crippen molar-refractivity contribution < 1.29 is 4.79 Å². The van der Waals surface area contributed by atoms with Crippen LogP contribution in [0.2, 0.25) is 5.02 Å². The van der Waals surface area contributed by atoms with E-state index >= 15 is 0 Å². The van der Waals surface area contributed by atoms with E-state index in [1.54, 1.807) is 24.5 Å². The van der Waals surface area contributed by atoms with Gasteiger partial charge in [0.2, 0.25) is 0 Å². The molecule has 108 valence electrons. The molecule has 2 aromatic rings. The molecular formula is C16H14BrClN2O. The molecule has 1 fully saturated rings. The van der Waals surface area contributed by atoms with Gasteiger partial charge < -0.3 is 4.90 Å². The van der Waals surface area contributed by atoms with Gasteiger partial charge in [0.15, 0.2) is 0 Å². The van der Waals surface area contributed by atoms with Crippen LogP contribution in [0.1, 0.15) is 28.8 Å². The molecule has 0 spiro atoms. The van der Waals surface area contributed by atoms with E-state index in [2.05, 4.69) is 20.9 Å². The Bertz CT molecular complexity index is 659. The summed E-state index contributed by atoms with van der Waals surface area (Å²) in [4.78, 5) is 18.7. The van der Waals surface area contributed by atoms with Crippen LogP contribution >= 0.6 is 27.5 Å². The molecule has 0 saturated heterocycles. The lowest BCUT2D eigenvalue weighted by Gasteiger charge is -2.22. The van der Waals surface area contributed by atoms with Crippen LogP contribution in [0.15, 0.2) is 47.2 Å². The second kappa shape index (κ2) is 6.16. The smallest absolute Gasteiger partial charge is 0.254 e. The molecule has 1 aliphatic carbocycles. The quantitative estimate of drug-likeness (QED) is 0.809. The molecular weight excluding hydrogens is 352 g/mol. The topological polar surface area (TPSA) is 33.2 Å². The summed E-state index contributed by atoms with van der Waals surface area (Å²) in [5.41, 5.74) is 1.72. The molecule has 3 nitrogen and oxygen atoms in total. The maximum absolute atomic E-state index is 12.7. The highest BCUT2D eigenvalue weighted by molar-refractivity contribution is 9.10. The zero-order valence-electron chi connectivity index (χ0n) is 11.3. The van der Waals surface area contributed by atoms with Crippen molar-refractivity contribution in [3.05, 3.63) is 63.3 Å². The number of benzene rings is 1. The molecule has 3 rings (SSSR count). The van der Waals surface area contributed by atoms with Gasteiger partial charge in [0.05, 0.1) is 5.02 Å². The normalized spacial score (nSPS) is 14.0. The van der Waals surface area contributed by atoms with E-state index in [-0.39, 0.29) is 5.91 Å². The first kappa shape index (κ1) is 14.5. The Kier molecular flexibility index (Phi) is 4.27. The molecule has 1 heterocycles. The molecule has 0 unspecified atom stereocenters. The van der Waals surface area contributed by atoms with Gasteiger partial charge in [-0.2, -0.15) is 0 Å². The number of nitrogens with zero attached hydrogens (tertiary/aromatic N) is 2. The maximum Gasteiger partial charge on any atom is 0.254 e. The fourth-order valence-electron chi connectivity index (χ4n) is 2.23. The summed E-state index contributed by atoms with van der Waals surface area (Å²) in [6, 6.07) is 9.56. The SMILES string of the molecule is O=C(c1ccc(Br)c(Cl)c1)N(Cc1ccncc1)C1CC1. The lowest BCUT2D eigenvalue weighted by atomic mass is 10.1. The molecule has 1 aromatic heterocycles. The van der Waals surface area contributed by atoms with E-state index in [9.17, 15) is 4.79 Å². The molecule has 1 amide bonds. The zero-order valence-corrected chi connectivity index (χ0v) is 13.6. The average molecular weight is 366 g/mol. The number of pyridine rings is 1. The Hall–Kier alpha value is -1.39. The molecule has 0 atom stereocenters. The van der Waals surface area contributed by atoms with Gasteiger partial charge in [-0.25, -0.2) is 0 Å². The predicted octanol–water partition coefficient (Wildman–Crippen LogP) is 4.30. The maximum atomic E-state index is 12.7. The largest absolute Gasteiger partial charge is 0.331 e. The van der Waals surface area contributed by atoms with Gasteiger partial charge in [0.25, 0.3) is 5.91 Å². The number of hydrogen-bond donors (Lipinski definition) is 0. The van der Waals surface area contributed by atoms with Gasteiger partial charge in [-0.15, -0.1) is 0 Å². The van der Waals surface area contributed by atoms with Crippen LogP contribution in [0.25, 0.3) is 0 Å². The number of rotatable bonds is 4. The number of carbonyl (C=O) groups excluding carboxylic acids is 1. The molecule has 1 aliphatic rings. The summed E-state index contributed by atoms with van der Waals surface area (Å²) >= 11 is 9.44. The fraction of sp³-hybridized carbons (Fsp3) is 0.250. The molecule has 1 aromatic carbocycles. The van der Waals surface area contributed by atoms with Crippen LogP contribution in [0.4, 0.5) is 0 Å². The van der Waals surface area contributed by atoms with Gasteiger partial charge >= 0.3 is 0 Å². The van der Waals surface area contributed by atoms with Crippen LogP contribution in [0.3, 0.4) is 0 Å². The van der Waals surface area contributed by atoms with Crippen LogP contribution < -0.4 is 0 Å². The van der Waals surface area contributed by atoms with Crippen LogP contribution in [0, 0.1) is 0 Å². The molecule has 0 N–H and O–H groups in total. The van der Waals surface area contributed by atoms with Crippen LogP contribution in [-0.2, 0) is 6.54 Å². The summed E-state index contributed by atoms with van der Waals surface area (Å²) in [6.07, 6.45) is 5.64. The summed E-state index contributed by atoms with van der Waals surface area (Å²) in [7, 11) is 0. The van der Waals surface area contributed by atoms with E-state index < -0.39 is 0 Å². The fourth-order valence-corrected chi connectivity index (χ4v) is 2.66. The van der Waals surface area contributed by atoms with Gasteiger partial charge in [-0.3, -0.25) is 9.78 Å². The molecule has 21 heavy (non-hydrogen) atoms. The molecule has 0 aliphatic heterocycles. The first-order valence-corrected chi connectivity index (χ1v) is 7.97. The highest BCUT2D eigenvalue weighted by atomic mass is 79.9. The Morgan fingerprint density at radius 3 is 2.62 bits per heavy atom. The Labute approximate surface area is 137 Å². The summed E-state index contributed by atoms with van der Waals surface area (Å²) in [6.45, 7) is 0.611. The highest BCUT2D eigenvalue weighted by Crippen LogP contribution is 2.31. The molecule has 5 heteroatoms. The standard InChI is InChI=1S/C16H14BrClN2O/c17-14-4-1-12(9-15(14)18)16(21)20(13-2-3-13)10-11-5-7-19-8-6-11/h1,4-9,13H,2-3,10H2. The van der Waals surface area contributed by atoms with Gasteiger partial charge in [0, 0.05) is 35.0 Å². The lowest BCUT2D eigenvalue weighted by molar-refractivity contribution is 0.0730. The van der Waals surface area contributed by atoms with Crippen molar-refractivity contribution in [3.63, 3.8) is 0 Å². The van der Waals surface area contributed by atoms with Gasteiger partial charge in [-0.1, -0.05) is 11.6 Å². The van der Waals surface area contributed by atoms with Crippen molar-refractivity contribution in [2.75, 3.05) is 0 Å². The van der Waals surface area contributed by atoms with Gasteiger partial charge in [0.1, 0.15) is 0 Å². The number of amides is 1. The number of carbonyl (C=O) groups is 1. The highest BCUT2D eigenvalue weighted by Gasteiger charge is 2.33. The third-order valence-electron chi connectivity index (χ3n) is 3.52. The third-order valence-corrected chi connectivity index (χ3v) is 4.75. The predicted molar refractivity (Wildman–Crippen MR) is 86.3 cm³/mol. The number of hydrogen-bond acceptors (Lipinski definition) is 2. The van der Waals surface area contributed by atoms with Crippen LogP contribution in [-0.4, -0.2) is 21.8 Å². The van der Waals surface area contributed by atoms with E-state index in [1.165, 1.54) is 0 Å². The minimum atomic E-state index is 0.0312. The van der Waals surface area contributed by atoms with Crippen molar-refractivity contribution in [1.82, 2.24) is 9.88 Å². The van der Waals surface area contributed by atoms with E-state index in [0.29, 0.717) is 23.2 Å². The molecule has 0 radical (unpaired) electrons. The van der Waals surface area contributed by atoms with Crippen molar-refractivity contribution in [1.29, 1.82) is 0 Å². The monoisotopic (exact) mass is 364 g/mol. The molecule has 1 saturated carbocycles. The summed E-state index contributed by atoms with van der Waals surface area (Å²) < 4.78 is 0.799. The van der Waals surface area contributed by atoms with Crippen molar-refractivity contribution in [2.24, 2.45) is 0 Å². The average Bonchev–Trinajstić information content (AvgIpc) is 3.33. The summed E-state index contributed by atoms with van der Waals surface area (Å²) in [5.74, 6) is 0.0312. The van der Waals surface area contributed by atoms with Crippen LogP contribution in [0.5, 0.6) is 0 Å². The Balaban J connectivity index is 1.83. The van der Waals surface area contributed by atoms with Gasteiger partial charge in [-0.05, 0) is 64.7 Å². The van der Waals surface area contributed by atoms with Crippen molar-refractivity contribution >= 4 is 33.4 Å². The van der Waals surface area contributed by atoms with Crippen molar-refractivity contribution in [3.8, 4) is 0 Å². The zero-order chi connectivity index (χ0) is 14.8. The first-order chi connectivity index (χ1) is 10.1. The minimum absolute atomic E-state index is 0.0312.